The van der Waals surface area contributed by atoms with Crippen LogP contribution in [0.3, 0.4) is 0 Å². The maximum Gasteiger partial charge on any atom is 0.240 e. The zero-order valence-electron chi connectivity index (χ0n) is 40.7. The van der Waals surface area contributed by atoms with Crippen LogP contribution < -0.4 is 0 Å². The molecule has 0 saturated carbocycles. The molecule has 0 N–H and O–H groups in total. The highest BCUT2D eigenvalue weighted by Crippen LogP contribution is 2.42. The van der Waals surface area contributed by atoms with E-state index in [1.54, 1.807) is 0 Å². The average Bonchev–Trinajstić information content (AvgIpc) is 4.31. The highest BCUT2D eigenvalue weighted by molar-refractivity contribution is 7.26. The van der Waals surface area contributed by atoms with E-state index < -0.39 is 0 Å². The van der Waals surface area contributed by atoms with E-state index in [1.807, 2.05) is 22.7 Å². The summed E-state index contributed by atoms with van der Waals surface area (Å²) in [6.07, 6.45) is 0. The highest BCUT2D eigenvalue weighted by Gasteiger charge is 2.22. The summed E-state index contributed by atoms with van der Waals surface area (Å²) in [5, 5.41) is 9.63. The van der Waals surface area contributed by atoms with Gasteiger partial charge < -0.3 is 0 Å². The van der Waals surface area contributed by atoms with Crippen molar-refractivity contribution < 1.29 is 0 Å². The molecule has 0 unspecified atom stereocenters. The molecule has 0 aliphatic heterocycles. The molecule has 0 bridgehead atoms. The second kappa shape index (κ2) is 17.0. The van der Waals surface area contributed by atoms with E-state index in [0.29, 0.717) is 17.7 Å². The molecule has 0 spiro atoms. The molecule has 11 aromatic carbocycles. The summed E-state index contributed by atoms with van der Waals surface area (Å²) in [5.74, 6) is 1.66. The van der Waals surface area contributed by atoms with Gasteiger partial charge in [0.15, 0.2) is 5.82 Å². The second-order valence-electron chi connectivity index (χ2n) is 19.6. The highest BCUT2D eigenvalue weighted by atomic mass is 32.1. The van der Waals surface area contributed by atoms with E-state index in [4.69, 9.17) is 15.0 Å². The van der Waals surface area contributed by atoms with Crippen LogP contribution in [-0.4, -0.2) is 24.1 Å². The molecule has 16 aromatic rings. The first-order chi connectivity index (χ1) is 37.6. The van der Waals surface area contributed by atoms with Crippen molar-refractivity contribution in [3.63, 3.8) is 0 Å². The number of fused-ring (bicyclic) bond motifs is 12. The Kier molecular flexibility index (Phi) is 9.61. The molecule has 354 valence electrons. The maximum atomic E-state index is 5.61. The Morgan fingerprint density at radius 2 is 0.592 bits per heavy atom. The lowest BCUT2D eigenvalue weighted by Gasteiger charge is -2.14. The number of para-hydroxylation sites is 2. The molecule has 0 aliphatic carbocycles. The Morgan fingerprint density at radius 1 is 0.224 bits per heavy atom. The van der Waals surface area contributed by atoms with Gasteiger partial charge in [0.05, 0.1) is 22.1 Å². The van der Waals surface area contributed by atoms with Crippen LogP contribution in [0.1, 0.15) is 0 Å². The molecular formula is C69H41N5S2. The van der Waals surface area contributed by atoms with Gasteiger partial charge in [0.1, 0.15) is 0 Å². The van der Waals surface area contributed by atoms with Gasteiger partial charge in [-0.05, 0) is 111 Å². The predicted octanol–water partition coefficient (Wildman–Crippen LogP) is 19.1. The second-order valence-corrected chi connectivity index (χ2v) is 21.7. The molecule has 0 fully saturated rings. The number of thiophene rings is 2. The fourth-order valence-electron chi connectivity index (χ4n) is 11.5. The first-order valence-corrected chi connectivity index (χ1v) is 27.2. The number of hydrogen-bond acceptors (Lipinski definition) is 5. The van der Waals surface area contributed by atoms with Gasteiger partial charge in [-0.2, -0.15) is 15.0 Å². The van der Waals surface area contributed by atoms with Crippen molar-refractivity contribution in [2.24, 2.45) is 0 Å². The topological polar surface area (TPSA) is 48.5 Å². The van der Waals surface area contributed by atoms with Crippen LogP contribution in [0.2, 0.25) is 0 Å². The Hall–Kier alpha value is -9.53. The van der Waals surface area contributed by atoms with Crippen molar-refractivity contribution in [1.82, 2.24) is 24.1 Å². The van der Waals surface area contributed by atoms with E-state index in [9.17, 15) is 0 Å². The summed E-state index contributed by atoms with van der Waals surface area (Å²) in [5.41, 5.74) is 14.1. The SMILES string of the molecule is c1ccc(-c2ccc(-c3cccc(-c4nc(-n5c6ccccc6c6ccc(-c7ccc8sc9ccccc9c8c7)cc65)nc(-n5c6ccccc6c6ccc(-c7ccc8sc9ccccc9c8c7)cc65)n4)c3)cc2)cc1. The summed E-state index contributed by atoms with van der Waals surface area (Å²) in [4.78, 5) is 16.6. The Bertz CT molecular complexity index is 4750. The third kappa shape index (κ3) is 6.87. The normalized spacial score (nSPS) is 11.9. The van der Waals surface area contributed by atoms with Crippen LogP contribution in [-0.2, 0) is 0 Å². The molecule has 0 amide bonds. The third-order valence-corrected chi connectivity index (χ3v) is 17.5. The molecule has 5 heterocycles. The minimum Gasteiger partial charge on any atom is -0.278 e. The molecule has 16 rings (SSSR count). The molecule has 76 heavy (non-hydrogen) atoms. The quantitative estimate of drug-likeness (QED) is 0.160. The minimum atomic E-state index is 0.539. The summed E-state index contributed by atoms with van der Waals surface area (Å²) < 4.78 is 9.65. The fourth-order valence-corrected chi connectivity index (χ4v) is 13.7. The van der Waals surface area contributed by atoms with Crippen molar-refractivity contribution in [3.05, 3.63) is 249 Å². The molecule has 5 nitrogen and oxygen atoms in total. The predicted molar refractivity (Wildman–Crippen MR) is 321 cm³/mol. The maximum absolute atomic E-state index is 5.61. The number of rotatable bonds is 7. The Morgan fingerprint density at radius 3 is 1.14 bits per heavy atom. The van der Waals surface area contributed by atoms with Crippen molar-refractivity contribution in [2.75, 3.05) is 0 Å². The molecule has 7 heteroatoms. The summed E-state index contributed by atoms with van der Waals surface area (Å²) in [6.45, 7) is 0. The van der Waals surface area contributed by atoms with Crippen molar-refractivity contribution >= 4 is 107 Å². The van der Waals surface area contributed by atoms with Crippen LogP contribution in [0, 0.1) is 0 Å². The molecule has 0 aliphatic rings. The van der Waals surface area contributed by atoms with E-state index in [2.05, 4.69) is 258 Å². The van der Waals surface area contributed by atoms with Gasteiger partial charge in [-0.1, -0.05) is 182 Å². The average molecular weight is 1000 g/mol. The van der Waals surface area contributed by atoms with Gasteiger partial charge >= 0.3 is 0 Å². The lowest BCUT2D eigenvalue weighted by Crippen LogP contribution is -2.10. The largest absolute Gasteiger partial charge is 0.278 e. The summed E-state index contributed by atoms with van der Waals surface area (Å²) in [6, 6.07) is 90.0. The lowest BCUT2D eigenvalue weighted by molar-refractivity contribution is 0.893. The lowest BCUT2D eigenvalue weighted by atomic mass is 9.99. The van der Waals surface area contributed by atoms with Gasteiger partial charge in [-0.25, -0.2) is 0 Å². The first kappa shape index (κ1) is 42.9. The first-order valence-electron chi connectivity index (χ1n) is 25.6. The van der Waals surface area contributed by atoms with Crippen LogP contribution >= 0.6 is 22.7 Å². The molecular weight excluding hydrogens is 963 g/mol. The van der Waals surface area contributed by atoms with Crippen molar-refractivity contribution in [2.45, 2.75) is 0 Å². The Labute approximate surface area is 444 Å². The summed E-state index contributed by atoms with van der Waals surface area (Å²) >= 11 is 3.69. The van der Waals surface area contributed by atoms with E-state index >= 15 is 0 Å². The van der Waals surface area contributed by atoms with Gasteiger partial charge in [0, 0.05) is 67.5 Å². The fraction of sp³-hybridized carbons (Fsp3) is 0. The van der Waals surface area contributed by atoms with Gasteiger partial charge in [0.25, 0.3) is 0 Å². The molecule has 0 saturated heterocycles. The summed E-state index contributed by atoms with van der Waals surface area (Å²) in [7, 11) is 0. The van der Waals surface area contributed by atoms with Crippen molar-refractivity contribution in [3.8, 4) is 67.8 Å². The van der Waals surface area contributed by atoms with Crippen LogP contribution in [0.15, 0.2) is 249 Å². The zero-order valence-corrected chi connectivity index (χ0v) is 42.4. The monoisotopic (exact) mass is 1000 g/mol. The van der Waals surface area contributed by atoms with E-state index in [0.717, 1.165) is 82.6 Å². The smallest absolute Gasteiger partial charge is 0.240 e. The van der Waals surface area contributed by atoms with Gasteiger partial charge in [0.2, 0.25) is 11.9 Å². The Balaban J connectivity index is 0.922. The number of aromatic nitrogens is 5. The zero-order chi connectivity index (χ0) is 49.8. The minimum absolute atomic E-state index is 0.539. The molecule has 0 atom stereocenters. The van der Waals surface area contributed by atoms with Crippen LogP contribution in [0.5, 0.6) is 0 Å². The third-order valence-electron chi connectivity index (χ3n) is 15.2. The molecule has 0 radical (unpaired) electrons. The number of benzene rings is 11. The van der Waals surface area contributed by atoms with E-state index in [1.165, 1.54) is 51.5 Å². The van der Waals surface area contributed by atoms with Gasteiger partial charge in [-0.3, -0.25) is 9.13 Å². The number of nitrogens with zero attached hydrogens (tertiary/aromatic N) is 5. The standard InChI is InChI=1S/C69H41N5S2/c1-2-13-42(14-3-1)43-25-27-44(28-26-43)45-15-12-16-50(37-45)67-70-68(73-59-21-8-4-17-51(59)53-33-29-48(40-61(53)73)46-31-35-65-57(38-46)55-19-6-10-23-63(55)75-65)72-69(71-67)74-60-22-9-5-18-52(60)54-34-30-49(41-62(54)74)47-32-36-66-58(39-47)56-20-7-11-24-64(56)76-66/h1-41H. The van der Waals surface area contributed by atoms with Crippen LogP contribution in [0.25, 0.3) is 152 Å². The van der Waals surface area contributed by atoms with Gasteiger partial charge in [-0.15, -0.1) is 22.7 Å². The van der Waals surface area contributed by atoms with Crippen molar-refractivity contribution in [1.29, 1.82) is 0 Å². The van der Waals surface area contributed by atoms with Crippen LogP contribution in [0.4, 0.5) is 0 Å². The number of hydrogen-bond donors (Lipinski definition) is 0. The molecule has 5 aromatic heterocycles. The van der Waals surface area contributed by atoms with E-state index in [-0.39, 0.29) is 0 Å².